The highest BCUT2D eigenvalue weighted by molar-refractivity contribution is 5.68. The lowest BCUT2D eigenvalue weighted by atomic mass is 9.91. The van der Waals surface area contributed by atoms with Crippen LogP contribution in [0.1, 0.15) is 71.6 Å². The molecule has 1 unspecified atom stereocenters. The van der Waals surface area contributed by atoms with Crippen molar-refractivity contribution in [3.8, 4) is 34.5 Å². The van der Waals surface area contributed by atoms with Crippen LogP contribution in [-0.2, 0) is 5.41 Å². The van der Waals surface area contributed by atoms with Gasteiger partial charge in [0.2, 0.25) is 5.88 Å². The van der Waals surface area contributed by atoms with Gasteiger partial charge in [0.25, 0.3) is 0 Å². The van der Waals surface area contributed by atoms with Crippen molar-refractivity contribution >= 4 is 11.7 Å². The number of aromatic nitrogens is 5. The van der Waals surface area contributed by atoms with E-state index < -0.39 is 0 Å². The Labute approximate surface area is 230 Å². The Morgan fingerprint density at radius 2 is 1.74 bits per heavy atom. The van der Waals surface area contributed by atoms with Gasteiger partial charge in [0.1, 0.15) is 5.75 Å². The smallest absolute Gasteiger partial charge is 0.224 e. The number of benzene rings is 1. The molecule has 4 rings (SSSR count). The molecule has 0 amide bonds. The van der Waals surface area contributed by atoms with Crippen molar-refractivity contribution in [1.82, 2.24) is 24.8 Å². The third-order valence-corrected chi connectivity index (χ3v) is 6.66. The minimum atomic E-state index is -0.249. The molecule has 3 aromatic heterocycles. The van der Waals surface area contributed by atoms with Crippen molar-refractivity contribution in [3.05, 3.63) is 46.9 Å². The fraction of sp³-hybridized carbons (Fsp3) is 0.467. The highest BCUT2D eigenvalue weighted by atomic mass is 16.5. The van der Waals surface area contributed by atoms with Gasteiger partial charge in [-0.25, -0.2) is 4.98 Å². The Hall–Kier alpha value is -3.88. The molecule has 0 N–H and O–H groups in total. The summed E-state index contributed by atoms with van der Waals surface area (Å²) in [5, 5.41) is 15.0. The fourth-order valence-corrected chi connectivity index (χ4v) is 4.56. The molecule has 0 bridgehead atoms. The van der Waals surface area contributed by atoms with Gasteiger partial charge >= 0.3 is 0 Å². The third kappa shape index (κ3) is 5.92. The molecular formula is C30H39N5O4. The van der Waals surface area contributed by atoms with Gasteiger partial charge < -0.3 is 18.9 Å². The topological polar surface area (TPSA) is 92.9 Å². The summed E-state index contributed by atoms with van der Waals surface area (Å²) in [4.78, 5) is 4.52. The van der Waals surface area contributed by atoms with Crippen LogP contribution in [0.2, 0.25) is 0 Å². The van der Waals surface area contributed by atoms with Crippen LogP contribution in [0.25, 0.3) is 23.1 Å². The second-order valence-electron chi connectivity index (χ2n) is 10.5. The summed E-state index contributed by atoms with van der Waals surface area (Å²) in [7, 11) is 4.84. The quantitative estimate of drug-likeness (QED) is 0.253. The molecule has 0 aliphatic rings. The highest BCUT2D eigenvalue weighted by Gasteiger charge is 2.26. The van der Waals surface area contributed by atoms with Gasteiger partial charge in [-0.2, -0.15) is 9.61 Å². The molecular weight excluding hydrogens is 494 g/mol. The summed E-state index contributed by atoms with van der Waals surface area (Å²) in [5.74, 6) is 2.97. The predicted octanol–water partition coefficient (Wildman–Crippen LogP) is 5.40. The number of nitrogens with zero attached hydrogens (tertiary/aromatic N) is 5. The fourth-order valence-electron chi connectivity index (χ4n) is 4.56. The molecule has 1 aromatic carbocycles. The van der Waals surface area contributed by atoms with Crippen molar-refractivity contribution in [2.45, 2.75) is 71.8 Å². The molecule has 9 nitrogen and oxygen atoms in total. The minimum absolute atomic E-state index is 0.124. The van der Waals surface area contributed by atoms with E-state index >= 15 is 0 Å². The second kappa shape index (κ2) is 11.9. The van der Waals surface area contributed by atoms with Gasteiger partial charge in [0.05, 0.1) is 44.9 Å². The summed E-state index contributed by atoms with van der Waals surface area (Å²) in [6, 6.07) is 7.71. The molecule has 0 saturated heterocycles. The number of hydrogen-bond acceptors (Lipinski definition) is 8. The lowest BCUT2D eigenvalue weighted by molar-refractivity contribution is 0.182. The number of fused-ring (bicyclic) bond motifs is 1. The first kappa shape index (κ1) is 28.1. The van der Waals surface area contributed by atoms with Gasteiger partial charge in [-0.05, 0) is 42.7 Å². The zero-order chi connectivity index (χ0) is 28.2. The number of hydrogen-bond donors (Lipinski definition) is 0. The first-order valence-corrected chi connectivity index (χ1v) is 13.4. The van der Waals surface area contributed by atoms with E-state index in [-0.39, 0.29) is 11.5 Å². The number of pyridine rings is 1. The summed E-state index contributed by atoms with van der Waals surface area (Å²) < 4.78 is 24.6. The van der Waals surface area contributed by atoms with Crippen molar-refractivity contribution in [3.63, 3.8) is 0 Å². The standard InChI is InChI=1S/C30H39N5O4/c1-9-11-12-20(10-2)39-21-17-23(29(38-8)31-18-21)28-33-32-27-22(26(30(3,4)5)34-35(27)28)15-19-13-14-24(36-6)25(16-19)37-7/h13-18,20H,9-12H2,1-8H3/b22-15-. The first-order valence-electron chi connectivity index (χ1n) is 13.4. The van der Waals surface area contributed by atoms with E-state index in [0.29, 0.717) is 40.2 Å². The maximum atomic E-state index is 6.29. The normalized spacial score (nSPS) is 13.1. The summed E-state index contributed by atoms with van der Waals surface area (Å²) in [6.07, 6.45) is 8.04. The lowest BCUT2D eigenvalue weighted by Crippen LogP contribution is -2.22. The van der Waals surface area contributed by atoms with Crippen LogP contribution >= 0.6 is 0 Å². The monoisotopic (exact) mass is 533 g/mol. The van der Waals surface area contributed by atoms with E-state index in [9.17, 15) is 0 Å². The first-order chi connectivity index (χ1) is 18.7. The second-order valence-corrected chi connectivity index (χ2v) is 10.5. The molecule has 39 heavy (non-hydrogen) atoms. The Morgan fingerprint density at radius 1 is 0.974 bits per heavy atom. The zero-order valence-corrected chi connectivity index (χ0v) is 24.2. The SMILES string of the molecule is CCCCC(CC)Oc1cnc(OC)c(-c2nnc3/c(=C\c4ccc(OC)c(OC)c4)c(C(C)(C)C)nn23)c1. The van der Waals surface area contributed by atoms with Crippen molar-refractivity contribution in [1.29, 1.82) is 0 Å². The number of unbranched alkanes of at least 4 members (excludes halogenated alkanes) is 1. The molecule has 0 aliphatic carbocycles. The van der Waals surface area contributed by atoms with E-state index in [2.05, 4.69) is 55.9 Å². The highest BCUT2D eigenvalue weighted by Crippen LogP contribution is 2.32. The molecule has 0 radical (unpaired) electrons. The van der Waals surface area contributed by atoms with E-state index in [0.717, 1.165) is 42.2 Å². The molecule has 3 heterocycles. The van der Waals surface area contributed by atoms with E-state index in [1.54, 1.807) is 32.0 Å². The Kier molecular flexibility index (Phi) is 8.57. The van der Waals surface area contributed by atoms with Gasteiger partial charge in [-0.1, -0.05) is 53.5 Å². The minimum Gasteiger partial charge on any atom is -0.493 e. The van der Waals surface area contributed by atoms with Gasteiger partial charge in [-0.3, -0.25) is 0 Å². The lowest BCUT2D eigenvalue weighted by Gasteiger charge is -2.18. The van der Waals surface area contributed by atoms with Crippen molar-refractivity contribution < 1.29 is 18.9 Å². The van der Waals surface area contributed by atoms with Crippen LogP contribution in [0.4, 0.5) is 0 Å². The van der Waals surface area contributed by atoms with Crippen LogP contribution in [0.15, 0.2) is 30.5 Å². The maximum absolute atomic E-state index is 6.29. The van der Waals surface area contributed by atoms with Crippen LogP contribution < -0.4 is 24.2 Å². The van der Waals surface area contributed by atoms with Crippen LogP contribution in [0, 0.1) is 0 Å². The molecule has 0 fully saturated rings. The molecule has 0 aliphatic heterocycles. The average molecular weight is 534 g/mol. The van der Waals surface area contributed by atoms with Gasteiger partial charge in [-0.15, -0.1) is 10.2 Å². The Balaban J connectivity index is 1.86. The largest absolute Gasteiger partial charge is 0.493 e. The van der Waals surface area contributed by atoms with Crippen LogP contribution in [0.5, 0.6) is 23.1 Å². The summed E-state index contributed by atoms with van der Waals surface area (Å²) >= 11 is 0. The zero-order valence-electron chi connectivity index (χ0n) is 24.2. The molecule has 0 saturated carbocycles. The van der Waals surface area contributed by atoms with Crippen molar-refractivity contribution in [2.75, 3.05) is 21.3 Å². The number of ether oxygens (including phenoxy) is 4. The third-order valence-electron chi connectivity index (χ3n) is 6.66. The van der Waals surface area contributed by atoms with E-state index in [4.69, 9.17) is 24.0 Å². The van der Waals surface area contributed by atoms with Crippen molar-refractivity contribution in [2.24, 2.45) is 0 Å². The average Bonchev–Trinajstić information content (AvgIpc) is 3.51. The Morgan fingerprint density at radius 3 is 2.38 bits per heavy atom. The number of rotatable bonds is 11. The van der Waals surface area contributed by atoms with Gasteiger partial charge in [0.15, 0.2) is 23.0 Å². The maximum Gasteiger partial charge on any atom is 0.224 e. The van der Waals surface area contributed by atoms with Crippen LogP contribution in [-0.4, -0.2) is 52.2 Å². The Bertz CT molecular complexity index is 1480. The summed E-state index contributed by atoms with van der Waals surface area (Å²) in [5.41, 5.74) is 2.90. The molecule has 9 heteroatoms. The summed E-state index contributed by atoms with van der Waals surface area (Å²) in [6.45, 7) is 10.7. The molecule has 208 valence electrons. The van der Waals surface area contributed by atoms with Crippen LogP contribution in [0.3, 0.4) is 0 Å². The molecule has 1 atom stereocenters. The number of methoxy groups -OCH3 is 3. The van der Waals surface area contributed by atoms with E-state index in [1.807, 2.05) is 24.3 Å². The van der Waals surface area contributed by atoms with Gasteiger partial charge in [0, 0.05) is 10.6 Å². The predicted molar refractivity (Wildman–Crippen MR) is 152 cm³/mol. The molecule has 4 aromatic rings. The molecule has 0 spiro atoms. The van der Waals surface area contributed by atoms with E-state index in [1.165, 1.54) is 0 Å².